The molecular weight excluding hydrogens is 364 g/mol. The summed E-state index contributed by atoms with van der Waals surface area (Å²) in [6, 6.07) is 0. The number of aromatic nitrogens is 4. The number of carbonyl (C=O) groups is 1. The van der Waals surface area contributed by atoms with Gasteiger partial charge in [-0.05, 0) is 19.4 Å². The highest BCUT2D eigenvalue weighted by Gasteiger charge is 2.31. The van der Waals surface area contributed by atoms with Crippen LogP contribution in [0.15, 0.2) is 6.33 Å². The van der Waals surface area contributed by atoms with Crippen molar-refractivity contribution >= 4 is 33.1 Å². The number of thiophene rings is 1. The van der Waals surface area contributed by atoms with Gasteiger partial charge in [-0.25, -0.2) is 14.5 Å². The molecule has 0 unspecified atom stereocenters. The molecule has 0 bridgehead atoms. The molecule has 0 aliphatic carbocycles. The highest BCUT2D eigenvalue weighted by atomic mass is 32.1. The van der Waals surface area contributed by atoms with E-state index in [2.05, 4.69) is 48.3 Å². The van der Waals surface area contributed by atoms with Crippen molar-refractivity contribution in [1.82, 2.24) is 24.9 Å². The van der Waals surface area contributed by atoms with Gasteiger partial charge in [-0.2, -0.15) is 0 Å². The van der Waals surface area contributed by atoms with Crippen LogP contribution in [0.3, 0.4) is 0 Å². The number of carbonyl (C=O) groups excluding carboxylic acids is 1. The molecule has 2 N–H and O–H groups in total. The Morgan fingerprint density at radius 3 is 3.04 bits per heavy atom. The smallest absolute Gasteiger partial charge is 0.290 e. The first-order chi connectivity index (χ1) is 12.8. The van der Waals surface area contributed by atoms with Gasteiger partial charge in [0.25, 0.3) is 5.91 Å². The monoisotopic (exact) mass is 389 g/mol. The van der Waals surface area contributed by atoms with Crippen molar-refractivity contribution in [1.29, 1.82) is 0 Å². The minimum atomic E-state index is -0.242. The van der Waals surface area contributed by atoms with Crippen molar-refractivity contribution in [3.63, 3.8) is 0 Å². The molecule has 1 aliphatic heterocycles. The molecule has 4 heterocycles. The van der Waals surface area contributed by atoms with E-state index in [0.717, 1.165) is 29.6 Å². The number of rotatable bonds is 5. The Morgan fingerprint density at radius 1 is 1.44 bits per heavy atom. The lowest BCUT2D eigenvalue weighted by molar-refractivity contribution is -0.858. The zero-order valence-electron chi connectivity index (χ0n) is 16.1. The van der Waals surface area contributed by atoms with Crippen molar-refractivity contribution < 1.29 is 14.4 Å². The van der Waals surface area contributed by atoms with E-state index in [1.54, 1.807) is 22.2 Å². The number of nitrogens with one attached hydrogen (secondary N) is 2. The van der Waals surface area contributed by atoms with Crippen molar-refractivity contribution in [2.75, 3.05) is 27.2 Å². The van der Waals surface area contributed by atoms with Gasteiger partial charge in [0.1, 0.15) is 11.2 Å². The van der Waals surface area contributed by atoms with Crippen molar-refractivity contribution in [2.24, 2.45) is 0 Å². The van der Waals surface area contributed by atoms with Crippen LogP contribution in [0.25, 0.3) is 15.9 Å². The lowest BCUT2D eigenvalue weighted by Crippen LogP contribution is -3.05. The Hall–Kier alpha value is -2.10. The second kappa shape index (κ2) is 6.81. The van der Waals surface area contributed by atoms with Crippen LogP contribution in [0.2, 0.25) is 0 Å². The predicted octanol–water partition coefficient (Wildman–Crippen LogP) is 0.455. The number of hydrogen-bond acceptors (Lipinski definition) is 6. The number of amides is 1. The van der Waals surface area contributed by atoms with E-state index in [0.29, 0.717) is 18.8 Å². The minimum Gasteiger partial charge on any atom is -0.370 e. The van der Waals surface area contributed by atoms with E-state index in [-0.39, 0.29) is 17.3 Å². The van der Waals surface area contributed by atoms with E-state index in [4.69, 9.17) is 4.74 Å². The number of ether oxygens (including phenoxy) is 1. The standard InChI is InChI=1S/C18H24N6O2S/c1-18(2)8-11-12(9-26-18)27-17-13(11)15-21-14(22-24(15)10-20-17)16(25)19-6-5-7-23(3)4/h10H,5-9H2,1-4H3,(H,19,25)/p+1. The maximum Gasteiger partial charge on any atom is 0.290 e. The van der Waals surface area contributed by atoms with E-state index in [9.17, 15) is 4.79 Å². The molecule has 144 valence electrons. The Labute approximate surface area is 161 Å². The second-order valence-corrected chi connectivity index (χ2v) is 9.01. The molecule has 4 rings (SSSR count). The molecule has 3 aromatic rings. The van der Waals surface area contributed by atoms with Gasteiger partial charge in [0.05, 0.1) is 38.2 Å². The fourth-order valence-corrected chi connectivity index (χ4v) is 4.43. The van der Waals surface area contributed by atoms with Gasteiger partial charge in [-0.15, -0.1) is 16.4 Å². The van der Waals surface area contributed by atoms with Crippen molar-refractivity contribution in [3.8, 4) is 0 Å². The van der Waals surface area contributed by atoms with Gasteiger partial charge in [-0.3, -0.25) is 4.79 Å². The fraction of sp³-hybridized carbons (Fsp3) is 0.556. The Morgan fingerprint density at radius 2 is 2.26 bits per heavy atom. The largest absolute Gasteiger partial charge is 0.370 e. The predicted molar refractivity (Wildman–Crippen MR) is 103 cm³/mol. The molecule has 8 nitrogen and oxygen atoms in total. The fourth-order valence-electron chi connectivity index (χ4n) is 3.36. The lowest BCUT2D eigenvalue weighted by Gasteiger charge is -2.30. The Balaban J connectivity index is 1.65. The first-order valence-electron chi connectivity index (χ1n) is 9.21. The lowest BCUT2D eigenvalue weighted by atomic mass is 9.94. The molecule has 9 heteroatoms. The van der Waals surface area contributed by atoms with Crippen LogP contribution < -0.4 is 10.2 Å². The van der Waals surface area contributed by atoms with Gasteiger partial charge in [-0.1, -0.05) is 0 Å². The summed E-state index contributed by atoms with van der Waals surface area (Å²) in [6.45, 7) is 6.38. The highest BCUT2D eigenvalue weighted by molar-refractivity contribution is 7.19. The van der Waals surface area contributed by atoms with Crippen LogP contribution in [0, 0.1) is 0 Å². The SMILES string of the molecule is C[NH+](C)CCCNC(=O)c1nc2c3c4c(sc3ncn2n1)COC(C)(C)C4. The normalized spacial score (nSPS) is 16.2. The summed E-state index contributed by atoms with van der Waals surface area (Å²) in [7, 11) is 4.19. The van der Waals surface area contributed by atoms with Crippen LogP contribution in [0.4, 0.5) is 0 Å². The average Bonchev–Trinajstić information content (AvgIpc) is 3.18. The van der Waals surface area contributed by atoms with Crippen LogP contribution >= 0.6 is 11.3 Å². The maximum absolute atomic E-state index is 12.4. The van der Waals surface area contributed by atoms with E-state index >= 15 is 0 Å². The molecule has 0 saturated heterocycles. The molecule has 0 radical (unpaired) electrons. The van der Waals surface area contributed by atoms with Crippen LogP contribution in [-0.2, 0) is 17.8 Å². The molecule has 0 atom stereocenters. The van der Waals surface area contributed by atoms with Gasteiger partial charge in [0.15, 0.2) is 5.65 Å². The minimum absolute atomic E-state index is 0.188. The summed E-state index contributed by atoms with van der Waals surface area (Å²) in [5.74, 6) is -0.0545. The summed E-state index contributed by atoms with van der Waals surface area (Å²) in [4.78, 5) is 25.0. The maximum atomic E-state index is 12.4. The summed E-state index contributed by atoms with van der Waals surface area (Å²) < 4.78 is 7.53. The quantitative estimate of drug-likeness (QED) is 0.619. The molecule has 0 fully saturated rings. The number of fused-ring (bicyclic) bond motifs is 5. The van der Waals surface area contributed by atoms with Crippen molar-refractivity contribution in [3.05, 3.63) is 22.6 Å². The summed E-state index contributed by atoms with van der Waals surface area (Å²) in [5.41, 5.74) is 1.69. The summed E-state index contributed by atoms with van der Waals surface area (Å²) in [6.07, 6.45) is 3.34. The van der Waals surface area contributed by atoms with E-state index in [1.165, 1.54) is 15.3 Å². The van der Waals surface area contributed by atoms with E-state index in [1.807, 2.05) is 0 Å². The Bertz CT molecular complexity index is 1010. The summed E-state index contributed by atoms with van der Waals surface area (Å²) in [5, 5.41) is 8.24. The Kier molecular flexibility index (Phi) is 4.61. The number of nitrogens with zero attached hydrogens (tertiary/aromatic N) is 4. The zero-order chi connectivity index (χ0) is 19.2. The average molecular weight is 390 g/mol. The molecule has 1 amide bonds. The first-order valence-corrected chi connectivity index (χ1v) is 10.0. The molecular formula is C18H25N6O2S+. The molecule has 1 aliphatic rings. The third-order valence-electron chi connectivity index (χ3n) is 4.75. The van der Waals surface area contributed by atoms with Gasteiger partial charge in [0.2, 0.25) is 5.82 Å². The van der Waals surface area contributed by atoms with Crippen molar-refractivity contribution in [2.45, 2.75) is 38.9 Å². The molecule has 3 aromatic heterocycles. The molecule has 0 spiro atoms. The first kappa shape index (κ1) is 18.3. The van der Waals surface area contributed by atoms with Gasteiger partial charge >= 0.3 is 0 Å². The van der Waals surface area contributed by atoms with Crippen LogP contribution in [-0.4, -0.2) is 58.3 Å². The zero-order valence-corrected chi connectivity index (χ0v) is 16.9. The van der Waals surface area contributed by atoms with E-state index < -0.39 is 0 Å². The molecule has 0 saturated carbocycles. The van der Waals surface area contributed by atoms with Crippen LogP contribution in [0.5, 0.6) is 0 Å². The van der Waals surface area contributed by atoms with Gasteiger partial charge in [0, 0.05) is 24.3 Å². The number of hydrogen-bond donors (Lipinski definition) is 2. The topological polar surface area (TPSA) is 85.9 Å². The molecule has 27 heavy (non-hydrogen) atoms. The second-order valence-electron chi connectivity index (χ2n) is 7.92. The third-order valence-corrected chi connectivity index (χ3v) is 5.86. The van der Waals surface area contributed by atoms with Crippen LogP contribution in [0.1, 0.15) is 41.3 Å². The third kappa shape index (κ3) is 3.54. The highest BCUT2D eigenvalue weighted by Crippen LogP contribution is 2.39. The summed E-state index contributed by atoms with van der Waals surface area (Å²) >= 11 is 1.63. The number of quaternary nitrogens is 1. The van der Waals surface area contributed by atoms with Gasteiger partial charge < -0.3 is 15.0 Å². The molecule has 0 aromatic carbocycles.